The molecular weight excluding hydrogens is 389 g/mol. The van der Waals surface area contributed by atoms with E-state index in [1.807, 2.05) is 0 Å². The Bertz CT molecular complexity index is 1210. The SMILES string of the molecule is Cl.NCCCn1c2c(c3ccc([N+](=O)[O-])cc3c1=O)C(=O)c1cc(F)ccc1-2. The molecule has 0 aliphatic heterocycles. The number of nitro benzene ring substituents is 1. The number of ketones is 1. The van der Waals surface area contributed by atoms with Gasteiger partial charge in [0, 0.05) is 35.2 Å². The van der Waals surface area contributed by atoms with Crippen LogP contribution in [-0.4, -0.2) is 21.8 Å². The Balaban J connectivity index is 0.00000225. The maximum absolute atomic E-state index is 13.7. The molecule has 0 unspecified atom stereocenters. The van der Waals surface area contributed by atoms with E-state index in [-0.39, 0.29) is 41.2 Å². The fourth-order valence-electron chi connectivity index (χ4n) is 3.57. The van der Waals surface area contributed by atoms with Crippen LogP contribution in [-0.2, 0) is 6.54 Å². The number of benzene rings is 2. The van der Waals surface area contributed by atoms with Crippen LogP contribution in [0, 0.1) is 15.9 Å². The summed E-state index contributed by atoms with van der Waals surface area (Å²) in [5, 5.41) is 11.5. The van der Waals surface area contributed by atoms with E-state index < -0.39 is 22.1 Å². The fourth-order valence-corrected chi connectivity index (χ4v) is 3.57. The molecule has 1 aliphatic rings. The summed E-state index contributed by atoms with van der Waals surface area (Å²) in [6.07, 6.45) is 0.484. The van der Waals surface area contributed by atoms with Crippen LogP contribution in [0.2, 0.25) is 0 Å². The molecule has 1 aliphatic carbocycles. The van der Waals surface area contributed by atoms with Crippen molar-refractivity contribution in [2.24, 2.45) is 5.73 Å². The van der Waals surface area contributed by atoms with Gasteiger partial charge in [-0.15, -0.1) is 12.4 Å². The predicted molar refractivity (Wildman–Crippen MR) is 105 cm³/mol. The molecule has 9 heteroatoms. The van der Waals surface area contributed by atoms with Gasteiger partial charge < -0.3 is 10.3 Å². The first-order chi connectivity index (χ1) is 12.9. The second kappa shape index (κ2) is 7.14. The van der Waals surface area contributed by atoms with Gasteiger partial charge in [-0.3, -0.25) is 19.7 Å². The molecule has 0 spiro atoms. The van der Waals surface area contributed by atoms with Gasteiger partial charge >= 0.3 is 0 Å². The summed E-state index contributed by atoms with van der Waals surface area (Å²) in [6, 6.07) is 7.69. The van der Waals surface area contributed by atoms with E-state index in [1.165, 1.54) is 34.9 Å². The summed E-state index contributed by atoms with van der Waals surface area (Å²) < 4.78 is 15.1. The summed E-state index contributed by atoms with van der Waals surface area (Å²) in [4.78, 5) is 36.5. The highest BCUT2D eigenvalue weighted by Gasteiger charge is 2.33. The smallest absolute Gasteiger partial charge is 0.270 e. The normalized spacial score (nSPS) is 11.9. The number of carbonyl (C=O) groups is 1. The van der Waals surface area contributed by atoms with E-state index >= 15 is 0 Å². The van der Waals surface area contributed by atoms with Crippen molar-refractivity contribution in [3.05, 3.63) is 73.8 Å². The number of aromatic nitrogens is 1. The third kappa shape index (κ3) is 2.78. The maximum atomic E-state index is 13.7. The number of halogens is 2. The summed E-state index contributed by atoms with van der Waals surface area (Å²) in [5.41, 5.74) is 6.22. The summed E-state index contributed by atoms with van der Waals surface area (Å²) in [6.45, 7) is 0.582. The van der Waals surface area contributed by atoms with Gasteiger partial charge in [0.2, 0.25) is 0 Å². The van der Waals surface area contributed by atoms with Crippen LogP contribution in [0.15, 0.2) is 41.2 Å². The molecule has 0 fully saturated rings. The predicted octanol–water partition coefficient (Wildman–Crippen LogP) is 3.03. The number of hydrogen-bond donors (Lipinski definition) is 1. The monoisotopic (exact) mass is 403 g/mol. The first-order valence-corrected chi connectivity index (χ1v) is 8.33. The summed E-state index contributed by atoms with van der Waals surface area (Å²) >= 11 is 0. The van der Waals surface area contributed by atoms with Gasteiger partial charge in [-0.2, -0.15) is 0 Å². The molecule has 1 aromatic heterocycles. The molecule has 2 N–H and O–H groups in total. The lowest BCUT2D eigenvalue weighted by Crippen LogP contribution is -2.24. The number of nitrogens with two attached hydrogens (primary N) is 1. The number of hydrogen-bond acceptors (Lipinski definition) is 5. The lowest BCUT2D eigenvalue weighted by Gasteiger charge is -2.14. The van der Waals surface area contributed by atoms with Gasteiger partial charge in [0.25, 0.3) is 11.2 Å². The van der Waals surface area contributed by atoms with Crippen LogP contribution in [0.1, 0.15) is 22.3 Å². The van der Waals surface area contributed by atoms with E-state index in [0.717, 1.165) is 6.07 Å². The van der Waals surface area contributed by atoms with Crippen molar-refractivity contribution in [1.82, 2.24) is 4.57 Å². The Labute approximate surface area is 164 Å². The van der Waals surface area contributed by atoms with Crippen molar-refractivity contribution in [2.45, 2.75) is 13.0 Å². The topological polar surface area (TPSA) is 108 Å². The molecule has 0 atom stereocenters. The summed E-state index contributed by atoms with van der Waals surface area (Å²) in [7, 11) is 0. The van der Waals surface area contributed by atoms with Crippen molar-refractivity contribution in [3.63, 3.8) is 0 Å². The van der Waals surface area contributed by atoms with E-state index in [0.29, 0.717) is 29.6 Å². The minimum atomic E-state index is -0.595. The first-order valence-electron chi connectivity index (χ1n) is 8.33. The molecule has 3 aromatic rings. The summed E-state index contributed by atoms with van der Waals surface area (Å²) in [5.74, 6) is -0.953. The van der Waals surface area contributed by atoms with Gasteiger partial charge in [0.1, 0.15) is 5.82 Å². The average molecular weight is 404 g/mol. The molecule has 28 heavy (non-hydrogen) atoms. The van der Waals surface area contributed by atoms with E-state index in [9.17, 15) is 24.1 Å². The number of pyridine rings is 1. The quantitative estimate of drug-likeness (QED) is 0.416. The molecule has 2 aromatic carbocycles. The van der Waals surface area contributed by atoms with Crippen LogP contribution in [0.25, 0.3) is 22.0 Å². The number of non-ortho nitro benzene ring substituents is 1. The maximum Gasteiger partial charge on any atom is 0.270 e. The van der Waals surface area contributed by atoms with Gasteiger partial charge in [0.05, 0.1) is 21.6 Å². The van der Waals surface area contributed by atoms with Crippen LogP contribution >= 0.6 is 12.4 Å². The zero-order valence-electron chi connectivity index (χ0n) is 14.5. The number of rotatable bonds is 4. The van der Waals surface area contributed by atoms with Gasteiger partial charge in [-0.05, 0) is 37.2 Å². The Kier molecular flexibility index (Phi) is 5.01. The largest absolute Gasteiger partial charge is 0.330 e. The zero-order valence-corrected chi connectivity index (χ0v) is 15.3. The Morgan fingerprint density at radius 3 is 2.50 bits per heavy atom. The Morgan fingerprint density at radius 1 is 1.07 bits per heavy atom. The Morgan fingerprint density at radius 2 is 1.82 bits per heavy atom. The molecule has 0 saturated carbocycles. The van der Waals surface area contributed by atoms with Crippen molar-refractivity contribution in [2.75, 3.05) is 6.54 Å². The van der Waals surface area contributed by atoms with Crippen molar-refractivity contribution in [1.29, 1.82) is 0 Å². The van der Waals surface area contributed by atoms with Crippen LogP contribution in [0.3, 0.4) is 0 Å². The van der Waals surface area contributed by atoms with E-state index in [1.54, 1.807) is 0 Å². The molecule has 1 heterocycles. The molecule has 0 radical (unpaired) electrons. The lowest BCUT2D eigenvalue weighted by molar-refractivity contribution is -0.384. The van der Waals surface area contributed by atoms with Crippen LogP contribution in [0.5, 0.6) is 0 Å². The number of nitro groups is 1. The molecular formula is C19H15ClFN3O4. The minimum absolute atomic E-state index is 0. The third-order valence-electron chi connectivity index (χ3n) is 4.76. The first kappa shape index (κ1) is 19.7. The van der Waals surface area contributed by atoms with Crippen molar-refractivity contribution < 1.29 is 14.1 Å². The van der Waals surface area contributed by atoms with Crippen LogP contribution < -0.4 is 11.3 Å². The number of fused-ring (bicyclic) bond motifs is 5. The lowest BCUT2D eigenvalue weighted by atomic mass is 10.0. The second-order valence-electron chi connectivity index (χ2n) is 6.33. The highest BCUT2D eigenvalue weighted by molar-refractivity contribution is 6.26. The second-order valence-corrected chi connectivity index (χ2v) is 6.33. The minimum Gasteiger partial charge on any atom is -0.330 e. The highest BCUT2D eigenvalue weighted by Crippen LogP contribution is 2.40. The van der Waals surface area contributed by atoms with Gasteiger partial charge in [-0.1, -0.05) is 0 Å². The van der Waals surface area contributed by atoms with E-state index in [2.05, 4.69) is 0 Å². The molecule has 0 saturated heterocycles. The van der Waals surface area contributed by atoms with E-state index in [4.69, 9.17) is 5.73 Å². The fraction of sp³-hybridized carbons (Fsp3) is 0.158. The molecule has 7 nitrogen and oxygen atoms in total. The molecule has 0 bridgehead atoms. The van der Waals surface area contributed by atoms with Gasteiger partial charge in [0.15, 0.2) is 5.78 Å². The molecule has 144 valence electrons. The third-order valence-corrected chi connectivity index (χ3v) is 4.76. The van der Waals surface area contributed by atoms with Gasteiger partial charge in [-0.25, -0.2) is 4.39 Å². The Hall–Kier alpha value is -3.10. The number of carbonyl (C=O) groups excluding carboxylic acids is 1. The molecule has 4 rings (SSSR count). The van der Waals surface area contributed by atoms with Crippen LogP contribution in [0.4, 0.5) is 10.1 Å². The average Bonchev–Trinajstić information content (AvgIpc) is 2.93. The highest BCUT2D eigenvalue weighted by atomic mass is 35.5. The zero-order chi connectivity index (χ0) is 19.3. The standard InChI is InChI=1S/C19H14FN3O4.ClH/c20-10-2-4-13-14(8-10)18(24)16-12-5-3-11(23(26)27)9-15(12)19(25)22(17(13)16)7-1-6-21;/h2-5,8-9H,1,6-7,21H2;1H. The van der Waals surface area contributed by atoms with Crippen molar-refractivity contribution in [3.8, 4) is 11.3 Å². The molecule has 0 amide bonds. The van der Waals surface area contributed by atoms with Crippen molar-refractivity contribution >= 4 is 34.7 Å². The number of nitrogens with zero attached hydrogens (tertiary/aromatic N) is 2.